The zero-order chi connectivity index (χ0) is 11.1. The average molecular weight is 200 g/mol. The summed E-state index contributed by atoms with van der Waals surface area (Å²) in [5, 5.41) is 12.0. The van der Waals surface area contributed by atoms with E-state index in [0.717, 1.165) is 18.7 Å². The summed E-state index contributed by atoms with van der Waals surface area (Å²) in [4.78, 5) is 0. The second kappa shape index (κ2) is 6.00. The maximum Gasteiger partial charge on any atom is 0.0991 e. The molecule has 15 heavy (non-hydrogen) atoms. The van der Waals surface area contributed by atoms with Crippen molar-refractivity contribution >= 4 is 6.08 Å². The van der Waals surface area contributed by atoms with Crippen molar-refractivity contribution in [1.29, 1.82) is 5.26 Å². The van der Waals surface area contributed by atoms with Crippen LogP contribution in [0.3, 0.4) is 0 Å². The number of rotatable bonds is 4. The normalized spacial score (nSPS) is 11.1. The highest BCUT2D eigenvalue weighted by Crippen LogP contribution is 2.08. The van der Waals surface area contributed by atoms with E-state index in [2.05, 4.69) is 31.3 Å². The third-order valence-electron chi connectivity index (χ3n) is 2.08. The summed E-state index contributed by atoms with van der Waals surface area (Å²) < 4.78 is 0. The third-order valence-corrected chi connectivity index (χ3v) is 2.08. The van der Waals surface area contributed by atoms with Crippen LogP contribution in [-0.4, -0.2) is 13.1 Å². The minimum atomic E-state index is 0.708. The van der Waals surface area contributed by atoms with E-state index in [1.807, 2.05) is 24.3 Å². The number of benzene rings is 1. The largest absolute Gasteiger partial charge is 0.313 e. The molecule has 78 valence electrons. The lowest BCUT2D eigenvalue weighted by atomic mass is 10.1. The molecule has 0 aliphatic heterocycles. The third kappa shape index (κ3) is 3.97. The van der Waals surface area contributed by atoms with Crippen LogP contribution in [0.5, 0.6) is 0 Å². The van der Waals surface area contributed by atoms with Gasteiger partial charge in [0.15, 0.2) is 0 Å². The number of likely N-dealkylation sites (N-methyl/N-ethyl adjacent to an activating group) is 1. The summed E-state index contributed by atoms with van der Waals surface area (Å²) in [6.45, 7) is 6.04. The Kier molecular flexibility index (Phi) is 4.59. The molecule has 0 aliphatic carbocycles. The van der Waals surface area contributed by atoms with E-state index < -0.39 is 0 Å². The molecule has 0 amide bonds. The molecule has 0 saturated heterocycles. The molecule has 0 heterocycles. The Morgan fingerprint density at radius 1 is 1.53 bits per heavy atom. The van der Waals surface area contributed by atoms with Gasteiger partial charge in [-0.2, -0.15) is 5.26 Å². The number of hydrogen-bond acceptors (Lipinski definition) is 2. The molecule has 0 bridgehead atoms. The fourth-order valence-electron chi connectivity index (χ4n) is 1.36. The summed E-state index contributed by atoms with van der Waals surface area (Å²) in [5.74, 6) is 0. The summed E-state index contributed by atoms with van der Waals surface area (Å²) in [5.41, 5.74) is 3.07. The van der Waals surface area contributed by atoms with Crippen molar-refractivity contribution in [3.8, 4) is 6.07 Å². The van der Waals surface area contributed by atoms with E-state index in [4.69, 9.17) is 5.26 Å². The predicted octanol–water partition coefficient (Wildman–Crippen LogP) is 2.57. The Bertz CT molecular complexity index is 386. The summed E-state index contributed by atoms with van der Waals surface area (Å²) >= 11 is 0. The van der Waals surface area contributed by atoms with E-state index in [1.165, 1.54) is 5.57 Å². The number of nitrogens with zero attached hydrogens (tertiary/aromatic N) is 1. The first-order valence-corrected chi connectivity index (χ1v) is 5.14. The zero-order valence-corrected chi connectivity index (χ0v) is 9.25. The topological polar surface area (TPSA) is 35.8 Å². The molecule has 2 heteroatoms. The molecule has 0 unspecified atom stereocenters. The van der Waals surface area contributed by atoms with E-state index in [1.54, 1.807) is 0 Å². The lowest BCUT2D eigenvalue weighted by Gasteiger charge is -2.02. The highest BCUT2D eigenvalue weighted by molar-refractivity contribution is 5.55. The molecular formula is C13H16N2. The van der Waals surface area contributed by atoms with Crippen LogP contribution in [0, 0.1) is 11.3 Å². The Morgan fingerprint density at radius 2 is 2.33 bits per heavy atom. The van der Waals surface area contributed by atoms with Crippen molar-refractivity contribution in [1.82, 2.24) is 5.32 Å². The SMILES string of the molecule is CCNCC(C)=Cc1cccc(C#N)c1. The highest BCUT2D eigenvalue weighted by atomic mass is 14.8. The molecule has 0 atom stereocenters. The molecule has 0 spiro atoms. The van der Waals surface area contributed by atoms with Gasteiger partial charge >= 0.3 is 0 Å². The fraction of sp³-hybridized carbons (Fsp3) is 0.308. The molecule has 0 aliphatic rings. The summed E-state index contributed by atoms with van der Waals surface area (Å²) in [7, 11) is 0. The van der Waals surface area contributed by atoms with E-state index in [9.17, 15) is 0 Å². The molecule has 1 aromatic carbocycles. The van der Waals surface area contributed by atoms with Crippen LogP contribution in [0.15, 0.2) is 29.8 Å². The van der Waals surface area contributed by atoms with Crippen molar-refractivity contribution < 1.29 is 0 Å². The Balaban J connectivity index is 2.75. The van der Waals surface area contributed by atoms with E-state index >= 15 is 0 Å². The molecule has 0 saturated carbocycles. The average Bonchev–Trinajstić information content (AvgIpc) is 2.26. The maximum atomic E-state index is 8.75. The molecular weight excluding hydrogens is 184 g/mol. The van der Waals surface area contributed by atoms with Gasteiger partial charge in [0.2, 0.25) is 0 Å². The van der Waals surface area contributed by atoms with Gasteiger partial charge < -0.3 is 5.32 Å². The van der Waals surface area contributed by atoms with Gasteiger partial charge in [0.05, 0.1) is 11.6 Å². The first kappa shape index (κ1) is 11.5. The quantitative estimate of drug-likeness (QED) is 0.810. The molecule has 1 aromatic rings. The van der Waals surface area contributed by atoms with Gasteiger partial charge in [0.25, 0.3) is 0 Å². The van der Waals surface area contributed by atoms with E-state index in [-0.39, 0.29) is 0 Å². The van der Waals surface area contributed by atoms with Crippen molar-refractivity contribution in [2.45, 2.75) is 13.8 Å². The monoisotopic (exact) mass is 200 g/mol. The minimum Gasteiger partial charge on any atom is -0.313 e. The van der Waals surface area contributed by atoms with Gasteiger partial charge in [-0.05, 0) is 31.2 Å². The minimum absolute atomic E-state index is 0.708. The lowest BCUT2D eigenvalue weighted by Crippen LogP contribution is -2.14. The first-order valence-electron chi connectivity index (χ1n) is 5.14. The molecule has 0 aromatic heterocycles. The molecule has 1 N–H and O–H groups in total. The van der Waals surface area contributed by atoms with Crippen molar-refractivity contribution in [2.75, 3.05) is 13.1 Å². The number of nitrogens with one attached hydrogen (secondary N) is 1. The van der Waals surface area contributed by atoms with Crippen LogP contribution in [0.25, 0.3) is 6.08 Å². The molecule has 2 nitrogen and oxygen atoms in total. The summed E-state index contributed by atoms with van der Waals surface area (Å²) in [6.07, 6.45) is 2.10. The van der Waals surface area contributed by atoms with Crippen LogP contribution >= 0.6 is 0 Å². The number of hydrogen-bond donors (Lipinski definition) is 1. The van der Waals surface area contributed by atoms with E-state index in [0.29, 0.717) is 5.56 Å². The van der Waals surface area contributed by atoms with Gasteiger partial charge in [-0.1, -0.05) is 30.7 Å². The second-order valence-corrected chi connectivity index (χ2v) is 3.51. The Labute approximate surface area is 91.2 Å². The van der Waals surface area contributed by atoms with Crippen molar-refractivity contribution in [3.63, 3.8) is 0 Å². The predicted molar refractivity (Wildman–Crippen MR) is 63.4 cm³/mol. The summed E-state index contributed by atoms with van der Waals surface area (Å²) in [6, 6.07) is 9.77. The zero-order valence-electron chi connectivity index (χ0n) is 9.25. The Hall–Kier alpha value is -1.59. The van der Waals surface area contributed by atoms with Crippen LogP contribution in [0.4, 0.5) is 0 Å². The van der Waals surface area contributed by atoms with Crippen LogP contribution < -0.4 is 5.32 Å². The fourth-order valence-corrected chi connectivity index (χ4v) is 1.36. The molecule has 1 rings (SSSR count). The van der Waals surface area contributed by atoms with Gasteiger partial charge in [-0.15, -0.1) is 0 Å². The smallest absolute Gasteiger partial charge is 0.0991 e. The van der Waals surface area contributed by atoms with Crippen molar-refractivity contribution in [3.05, 3.63) is 41.0 Å². The molecule has 0 fully saturated rings. The highest BCUT2D eigenvalue weighted by Gasteiger charge is 1.93. The first-order chi connectivity index (χ1) is 7.26. The maximum absolute atomic E-state index is 8.75. The van der Waals surface area contributed by atoms with Crippen LogP contribution in [0.2, 0.25) is 0 Å². The van der Waals surface area contributed by atoms with Crippen LogP contribution in [-0.2, 0) is 0 Å². The lowest BCUT2D eigenvalue weighted by molar-refractivity contribution is 0.778. The number of nitriles is 1. The van der Waals surface area contributed by atoms with Gasteiger partial charge in [0, 0.05) is 6.54 Å². The van der Waals surface area contributed by atoms with Gasteiger partial charge in [-0.25, -0.2) is 0 Å². The molecule has 0 radical (unpaired) electrons. The Morgan fingerprint density at radius 3 is 3.00 bits per heavy atom. The standard InChI is InChI=1S/C13H16N2/c1-3-15-10-11(2)7-12-5-4-6-13(8-12)9-14/h4-8,15H,3,10H2,1-2H3. The van der Waals surface area contributed by atoms with Crippen LogP contribution in [0.1, 0.15) is 25.0 Å². The van der Waals surface area contributed by atoms with Gasteiger partial charge in [-0.3, -0.25) is 0 Å². The second-order valence-electron chi connectivity index (χ2n) is 3.51. The van der Waals surface area contributed by atoms with Gasteiger partial charge in [0.1, 0.15) is 0 Å². The van der Waals surface area contributed by atoms with Crippen molar-refractivity contribution in [2.24, 2.45) is 0 Å².